The summed E-state index contributed by atoms with van der Waals surface area (Å²) in [6.07, 6.45) is 4.02. The molecule has 0 bridgehead atoms. The van der Waals surface area contributed by atoms with Gasteiger partial charge in [0.2, 0.25) is 0 Å². The highest BCUT2D eigenvalue weighted by atomic mass is 32.1. The molecule has 4 heterocycles. The summed E-state index contributed by atoms with van der Waals surface area (Å²) >= 11 is 1.74. The molecule has 0 aliphatic carbocycles. The minimum absolute atomic E-state index is 0.665. The fourth-order valence-corrected chi connectivity index (χ4v) is 5.69. The van der Waals surface area contributed by atoms with Crippen molar-refractivity contribution in [2.45, 2.75) is 31.8 Å². The van der Waals surface area contributed by atoms with Gasteiger partial charge in [0.15, 0.2) is 0 Å². The lowest BCUT2D eigenvalue weighted by Crippen LogP contribution is -2.55. The van der Waals surface area contributed by atoms with Crippen LogP contribution in [0, 0.1) is 0 Å². The van der Waals surface area contributed by atoms with Gasteiger partial charge in [-0.15, -0.1) is 11.3 Å². The molecular formula is C23H29N5S. The van der Waals surface area contributed by atoms with E-state index in [-0.39, 0.29) is 0 Å². The average Bonchev–Trinajstić information content (AvgIpc) is 3.17. The smallest absolute Gasteiger partial charge is 0.146 e. The number of piperazine rings is 1. The number of aromatic nitrogens is 2. The van der Waals surface area contributed by atoms with E-state index in [0.717, 1.165) is 42.7 Å². The van der Waals surface area contributed by atoms with Gasteiger partial charge in [-0.3, -0.25) is 4.90 Å². The zero-order valence-corrected chi connectivity index (χ0v) is 18.2. The Morgan fingerprint density at radius 3 is 2.76 bits per heavy atom. The molecule has 0 N–H and O–H groups in total. The third kappa shape index (κ3) is 3.77. The van der Waals surface area contributed by atoms with Crippen LogP contribution in [0.2, 0.25) is 0 Å². The third-order valence-electron chi connectivity index (χ3n) is 6.14. The van der Waals surface area contributed by atoms with E-state index in [1.165, 1.54) is 42.3 Å². The lowest BCUT2D eigenvalue weighted by atomic mass is 9.99. The van der Waals surface area contributed by atoms with Gasteiger partial charge < -0.3 is 9.80 Å². The maximum absolute atomic E-state index is 5.12. The van der Waals surface area contributed by atoms with Gasteiger partial charge in [0.05, 0.1) is 11.9 Å². The summed E-state index contributed by atoms with van der Waals surface area (Å²) in [5.74, 6) is 2.06. The van der Waals surface area contributed by atoms with Crippen LogP contribution in [0.15, 0.2) is 35.7 Å². The van der Waals surface area contributed by atoms with Crippen molar-refractivity contribution in [3.05, 3.63) is 41.5 Å². The lowest BCUT2D eigenvalue weighted by molar-refractivity contribution is 0.133. The minimum atomic E-state index is 0.665. The van der Waals surface area contributed by atoms with E-state index in [9.17, 15) is 0 Å². The van der Waals surface area contributed by atoms with Crippen molar-refractivity contribution >= 4 is 27.4 Å². The number of nitrogens with zero attached hydrogens (tertiary/aromatic N) is 5. The van der Waals surface area contributed by atoms with Crippen molar-refractivity contribution < 1.29 is 0 Å². The molecule has 2 saturated heterocycles. The molecule has 1 atom stereocenters. The molecule has 2 aliphatic heterocycles. The fourth-order valence-electron chi connectivity index (χ4n) is 4.73. The van der Waals surface area contributed by atoms with Crippen molar-refractivity contribution in [3.63, 3.8) is 0 Å². The van der Waals surface area contributed by atoms with Gasteiger partial charge in [-0.05, 0) is 39.0 Å². The van der Waals surface area contributed by atoms with Crippen molar-refractivity contribution in [1.82, 2.24) is 19.8 Å². The molecule has 2 aromatic heterocycles. The van der Waals surface area contributed by atoms with E-state index in [2.05, 4.69) is 64.5 Å². The topological polar surface area (TPSA) is 35.5 Å². The van der Waals surface area contributed by atoms with E-state index in [1.807, 2.05) is 0 Å². The Morgan fingerprint density at radius 1 is 1.07 bits per heavy atom. The number of piperidine rings is 1. The molecule has 0 saturated carbocycles. The maximum atomic E-state index is 5.12. The van der Waals surface area contributed by atoms with Gasteiger partial charge in [-0.1, -0.05) is 36.8 Å². The Labute approximate surface area is 177 Å². The van der Waals surface area contributed by atoms with Crippen LogP contribution < -0.4 is 4.90 Å². The largest absolute Gasteiger partial charge is 0.353 e. The normalized spacial score (nSPS) is 20.4. The Hall–Kier alpha value is -2.02. The number of anilines is 1. The lowest BCUT2D eigenvalue weighted by Gasteiger charge is -2.44. The van der Waals surface area contributed by atoms with Crippen LogP contribution >= 0.6 is 11.3 Å². The van der Waals surface area contributed by atoms with Crippen molar-refractivity contribution in [1.29, 1.82) is 0 Å². The first-order valence-electron chi connectivity index (χ1n) is 10.7. The van der Waals surface area contributed by atoms with Crippen LogP contribution in [-0.2, 0) is 6.54 Å². The Bertz CT molecular complexity index is 984. The van der Waals surface area contributed by atoms with Crippen LogP contribution in [0.3, 0.4) is 0 Å². The Morgan fingerprint density at radius 2 is 1.93 bits per heavy atom. The molecule has 2 aliphatic rings. The molecule has 6 heteroatoms. The van der Waals surface area contributed by atoms with Crippen LogP contribution in [-0.4, -0.2) is 66.1 Å². The van der Waals surface area contributed by atoms with Gasteiger partial charge in [-0.2, -0.15) is 0 Å². The zero-order valence-electron chi connectivity index (χ0n) is 17.3. The predicted octanol–water partition coefficient (Wildman–Crippen LogP) is 4.09. The second-order valence-corrected chi connectivity index (χ2v) is 9.39. The second-order valence-electron chi connectivity index (χ2n) is 8.53. The van der Waals surface area contributed by atoms with Crippen molar-refractivity contribution in [3.8, 4) is 11.1 Å². The second kappa shape index (κ2) is 8.01. The van der Waals surface area contributed by atoms with Gasteiger partial charge in [-0.25, -0.2) is 9.97 Å². The highest BCUT2D eigenvalue weighted by Crippen LogP contribution is 2.39. The summed E-state index contributed by atoms with van der Waals surface area (Å²) in [4.78, 5) is 18.5. The molecular weight excluding hydrogens is 378 g/mol. The SMILES string of the molecule is CN(C)Cc1nc(N2CCN3CCCCC3C2)c2c(-c3ccccc3)csc2n1. The molecule has 2 fully saturated rings. The molecule has 1 aromatic carbocycles. The standard InChI is InChI=1S/C23H29N5S/c1-26(2)15-20-24-22(28-13-12-27-11-7-6-10-18(27)14-28)21-19(16-29-23(21)25-20)17-8-4-3-5-9-17/h3-5,8-9,16,18H,6-7,10-15H2,1-2H3. The first-order valence-corrected chi connectivity index (χ1v) is 11.5. The zero-order chi connectivity index (χ0) is 19.8. The third-order valence-corrected chi connectivity index (χ3v) is 7.01. The molecule has 3 aromatic rings. The number of hydrogen-bond donors (Lipinski definition) is 0. The summed E-state index contributed by atoms with van der Waals surface area (Å²) in [6.45, 7) is 5.30. The summed E-state index contributed by atoms with van der Waals surface area (Å²) in [7, 11) is 4.16. The fraction of sp³-hybridized carbons (Fsp3) is 0.478. The van der Waals surface area contributed by atoms with Crippen LogP contribution in [0.25, 0.3) is 21.3 Å². The summed E-state index contributed by atoms with van der Waals surface area (Å²) in [5.41, 5.74) is 2.52. The summed E-state index contributed by atoms with van der Waals surface area (Å²) in [5, 5.41) is 3.49. The predicted molar refractivity (Wildman–Crippen MR) is 122 cm³/mol. The van der Waals surface area contributed by atoms with Crippen molar-refractivity contribution in [2.24, 2.45) is 0 Å². The Balaban J connectivity index is 1.60. The van der Waals surface area contributed by atoms with Crippen LogP contribution in [0.5, 0.6) is 0 Å². The summed E-state index contributed by atoms with van der Waals surface area (Å²) < 4.78 is 0. The van der Waals surface area contributed by atoms with E-state index in [1.54, 1.807) is 11.3 Å². The average molecular weight is 408 g/mol. The number of rotatable bonds is 4. The van der Waals surface area contributed by atoms with E-state index >= 15 is 0 Å². The first kappa shape index (κ1) is 19.0. The molecule has 5 rings (SSSR count). The highest BCUT2D eigenvalue weighted by Gasteiger charge is 2.31. The first-order chi connectivity index (χ1) is 14.2. The molecule has 0 spiro atoms. The quantitative estimate of drug-likeness (QED) is 0.651. The number of benzene rings is 1. The van der Waals surface area contributed by atoms with Gasteiger partial charge >= 0.3 is 0 Å². The molecule has 1 unspecified atom stereocenters. The molecule has 5 nitrogen and oxygen atoms in total. The highest BCUT2D eigenvalue weighted by molar-refractivity contribution is 7.17. The number of fused-ring (bicyclic) bond motifs is 2. The van der Waals surface area contributed by atoms with E-state index in [0.29, 0.717) is 6.04 Å². The number of thiophene rings is 1. The summed E-state index contributed by atoms with van der Waals surface area (Å²) in [6, 6.07) is 11.4. The van der Waals surface area contributed by atoms with Gasteiger partial charge in [0, 0.05) is 36.6 Å². The number of hydrogen-bond acceptors (Lipinski definition) is 6. The van der Waals surface area contributed by atoms with E-state index in [4.69, 9.17) is 9.97 Å². The van der Waals surface area contributed by atoms with E-state index < -0.39 is 0 Å². The van der Waals surface area contributed by atoms with Gasteiger partial charge in [0.25, 0.3) is 0 Å². The monoisotopic (exact) mass is 407 g/mol. The van der Waals surface area contributed by atoms with Crippen molar-refractivity contribution in [2.75, 3.05) is 45.2 Å². The minimum Gasteiger partial charge on any atom is -0.353 e. The van der Waals surface area contributed by atoms with Gasteiger partial charge in [0.1, 0.15) is 16.5 Å². The molecule has 152 valence electrons. The van der Waals surface area contributed by atoms with Crippen LogP contribution in [0.1, 0.15) is 25.1 Å². The maximum Gasteiger partial charge on any atom is 0.146 e. The molecule has 29 heavy (non-hydrogen) atoms. The molecule has 0 radical (unpaired) electrons. The Kier molecular flexibility index (Phi) is 5.24. The molecule has 0 amide bonds. The van der Waals surface area contributed by atoms with Crippen LogP contribution in [0.4, 0.5) is 5.82 Å².